The first kappa shape index (κ1) is 16.7. The van der Waals surface area contributed by atoms with E-state index < -0.39 is 0 Å². The van der Waals surface area contributed by atoms with E-state index in [2.05, 4.69) is 24.5 Å². The van der Waals surface area contributed by atoms with Crippen molar-refractivity contribution in [2.45, 2.75) is 57.6 Å². The monoisotopic (exact) mass is 298 g/mol. The number of ether oxygens (including phenoxy) is 2. The van der Waals surface area contributed by atoms with Gasteiger partial charge < -0.3 is 20.1 Å². The fourth-order valence-electron chi connectivity index (χ4n) is 3.09. The van der Waals surface area contributed by atoms with E-state index in [1.165, 1.54) is 0 Å². The highest BCUT2D eigenvalue weighted by molar-refractivity contribution is 5.76. The summed E-state index contributed by atoms with van der Waals surface area (Å²) in [6.07, 6.45) is 4.64. The number of hydrogen-bond donors (Lipinski definition) is 2. The zero-order valence-electron chi connectivity index (χ0n) is 13.5. The molecule has 0 aliphatic carbocycles. The molecular weight excluding hydrogens is 268 g/mol. The van der Waals surface area contributed by atoms with Crippen molar-refractivity contribution in [3.63, 3.8) is 0 Å². The number of nitrogens with one attached hydrogen (secondary N) is 2. The van der Waals surface area contributed by atoms with Crippen molar-refractivity contribution in [1.29, 1.82) is 0 Å². The smallest absolute Gasteiger partial charge is 0.221 e. The fraction of sp³-hybridized carbons (Fsp3) is 0.938. The molecule has 2 N–H and O–H groups in total. The number of carbonyl (C=O) groups is 1. The van der Waals surface area contributed by atoms with Crippen molar-refractivity contribution in [3.05, 3.63) is 0 Å². The molecule has 0 aromatic heterocycles. The van der Waals surface area contributed by atoms with Gasteiger partial charge in [-0.25, -0.2) is 0 Å². The Morgan fingerprint density at radius 1 is 1.29 bits per heavy atom. The minimum absolute atomic E-state index is 0.0219. The van der Waals surface area contributed by atoms with Gasteiger partial charge in [0.25, 0.3) is 0 Å². The van der Waals surface area contributed by atoms with E-state index >= 15 is 0 Å². The molecule has 0 aromatic rings. The minimum Gasteiger partial charge on any atom is -0.381 e. The van der Waals surface area contributed by atoms with E-state index in [0.29, 0.717) is 18.4 Å². The highest BCUT2D eigenvalue weighted by Crippen LogP contribution is 2.34. The van der Waals surface area contributed by atoms with E-state index in [1.807, 2.05) is 0 Å². The summed E-state index contributed by atoms with van der Waals surface area (Å²) in [6, 6.07) is 0.467. The van der Waals surface area contributed by atoms with Crippen LogP contribution in [0.25, 0.3) is 0 Å². The highest BCUT2D eigenvalue weighted by atomic mass is 16.5. The van der Waals surface area contributed by atoms with E-state index in [-0.39, 0.29) is 11.5 Å². The number of rotatable bonds is 6. The van der Waals surface area contributed by atoms with Gasteiger partial charge in [0.15, 0.2) is 0 Å². The largest absolute Gasteiger partial charge is 0.381 e. The molecule has 1 atom stereocenters. The summed E-state index contributed by atoms with van der Waals surface area (Å²) in [5.41, 5.74) is 0.0219. The Morgan fingerprint density at radius 3 is 2.76 bits per heavy atom. The second-order valence-electron chi connectivity index (χ2n) is 6.74. The molecular formula is C16H30N2O3. The quantitative estimate of drug-likeness (QED) is 0.779. The Hall–Kier alpha value is -0.650. The van der Waals surface area contributed by atoms with Crippen LogP contribution in [0.4, 0.5) is 0 Å². The van der Waals surface area contributed by atoms with Gasteiger partial charge in [0, 0.05) is 45.4 Å². The van der Waals surface area contributed by atoms with Crippen molar-refractivity contribution in [1.82, 2.24) is 10.6 Å². The summed E-state index contributed by atoms with van der Waals surface area (Å²) in [5, 5.41) is 6.49. The third-order valence-electron chi connectivity index (χ3n) is 4.39. The predicted molar refractivity (Wildman–Crippen MR) is 82.2 cm³/mol. The number of carbonyl (C=O) groups excluding carboxylic acids is 1. The van der Waals surface area contributed by atoms with Crippen molar-refractivity contribution >= 4 is 5.91 Å². The lowest BCUT2D eigenvalue weighted by Crippen LogP contribution is -2.50. The van der Waals surface area contributed by atoms with Crippen LogP contribution in [-0.2, 0) is 14.3 Å². The first-order valence-electron chi connectivity index (χ1n) is 8.31. The van der Waals surface area contributed by atoms with E-state index in [9.17, 15) is 4.79 Å². The molecule has 2 aliphatic heterocycles. The first-order valence-corrected chi connectivity index (χ1v) is 8.31. The lowest BCUT2D eigenvalue weighted by atomic mass is 9.84. The summed E-state index contributed by atoms with van der Waals surface area (Å²) in [4.78, 5) is 11.7. The summed E-state index contributed by atoms with van der Waals surface area (Å²) in [5.74, 6) is 0.648. The van der Waals surface area contributed by atoms with Gasteiger partial charge >= 0.3 is 0 Å². The van der Waals surface area contributed by atoms with Crippen LogP contribution in [0, 0.1) is 5.92 Å². The molecule has 1 unspecified atom stereocenters. The predicted octanol–water partition coefficient (Wildman–Crippen LogP) is 1.47. The van der Waals surface area contributed by atoms with Gasteiger partial charge in [0.2, 0.25) is 5.91 Å². The maximum Gasteiger partial charge on any atom is 0.221 e. The van der Waals surface area contributed by atoms with E-state index in [4.69, 9.17) is 9.47 Å². The average Bonchev–Trinajstić information content (AvgIpc) is 2.46. The van der Waals surface area contributed by atoms with Gasteiger partial charge in [-0.1, -0.05) is 13.8 Å². The van der Waals surface area contributed by atoms with Crippen molar-refractivity contribution in [2.75, 3.05) is 32.9 Å². The SMILES string of the molecule is CC(C)CNC(=O)CCNC1CCOC2(CCOCC2)C1. The molecule has 0 bridgehead atoms. The van der Waals surface area contributed by atoms with Crippen LogP contribution in [-0.4, -0.2) is 50.5 Å². The zero-order chi connectivity index (χ0) is 15.1. The fourth-order valence-corrected chi connectivity index (χ4v) is 3.09. The van der Waals surface area contributed by atoms with Crippen molar-refractivity contribution < 1.29 is 14.3 Å². The first-order chi connectivity index (χ1) is 10.1. The Balaban J connectivity index is 1.65. The van der Waals surface area contributed by atoms with Crippen LogP contribution in [0.1, 0.15) is 46.0 Å². The van der Waals surface area contributed by atoms with Gasteiger partial charge in [0.05, 0.1) is 5.60 Å². The van der Waals surface area contributed by atoms with Crippen LogP contribution < -0.4 is 10.6 Å². The normalized spacial score (nSPS) is 25.2. The molecule has 1 spiro atoms. The molecule has 1 amide bonds. The minimum atomic E-state index is 0.0219. The third kappa shape index (κ3) is 5.57. The Labute approximate surface area is 128 Å². The van der Waals surface area contributed by atoms with Gasteiger partial charge in [-0.15, -0.1) is 0 Å². The molecule has 0 radical (unpaired) electrons. The average molecular weight is 298 g/mol. The van der Waals surface area contributed by atoms with Gasteiger partial charge in [-0.3, -0.25) is 4.79 Å². The van der Waals surface area contributed by atoms with Crippen molar-refractivity contribution in [2.24, 2.45) is 5.92 Å². The highest BCUT2D eigenvalue weighted by Gasteiger charge is 2.38. The maximum atomic E-state index is 11.7. The molecule has 2 heterocycles. The number of hydrogen-bond acceptors (Lipinski definition) is 4. The Bertz CT molecular complexity index is 322. The molecule has 0 aromatic carbocycles. The second kappa shape index (κ2) is 8.11. The second-order valence-corrected chi connectivity index (χ2v) is 6.74. The molecule has 2 fully saturated rings. The van der Waals surface area contributed by atoms with Crippen LogP contribution >= 0.6 is 0 Å². The van der Waals surface area contributed by atoms with Gasteiger partial charge in [0.1, 0.15) is 0 Å². The summed E-state index contributed by atoms with van der Waals surface area (Å²) >= 11 is 0. The topological polar surface area (TPSA) is 59.6 Å². The molecule has 122 valence electrons. The molecule has 0 saturated carbocycles. The lowest BCUT2D eigenvalue weighted by molar-refractivity contribution is -0.140. The van der Waals surface area contributed by atoms with Crippen LogP contribution in [0.3, 0.4) is 0 Å². The molecule has 5 heteroatoms. The summed E-state index contributed by atoms with van der Waals surface area (Å²) < 4.78 is 11.5. The molecule has 2 saturated heterocycles. The standard InChI is InChI=1S/C16H30N2O3/c1-13(2)12-18-15(19)3-7-17-14-4-8-21-16(11-14)5-9-20-10-6-16/h13-14,17H,3-12H2,1-2H3,(H,18,19). The van der Waals surface area contributed by atoms with Gasteiger partial charge in [-0.2, -0.15) is 0 Å². The molecule has 2 aliphatic rings. The van der Waals surface area contributed by atoms with E-state index in [1.54, 1.807) is 0 Å². The van der Waals surface area contributed by atoms with Crippen LogP contribution in [0.2, 0.25) is 0 Å². The maximum absolute atomic E-state index is 11.7. The summed E-state index contributed by atoms with van der Waals surface area (Å²) in [7, 11) is 0. The Morgan fingerprint density at radius 2 is 2.05 bits per heavy atom. The van der Waals surface area contributed by atoms with E-state index in [0.717, 1.165) is 58.6 Å². The van der Waals surface area contributed by atoms with Crippen molar-refractivity contribution in [3.8, 4) is 0 Å². The van der Waals surface area contributed by atoms with Crippen LogP contribution in [0.5, 0.6) is 0 Å². The number of amides is 1. The molecule has 21 heavy (non-hydrogen) atoms. The molecule has 2 rings (SSSR count). The Kier molecular flexibility index (Phi) is 6.45. The third-order valence-corrected chi connectivity index (χ3v) is 4.39. The molecule has 5 nitrogen and oxygen atoms in total. The van der Waals surface area contributed by atoms with Crippen LogP contribution in [0.15, 0.2) is 0 Å². The lowest BCUT2D eigenvalue weighted by Gasteiger charge is -2.43. The zero-order valence-corrected chi connectivity index (χ0v) is 13.5. The summed E-state index contributed by atoms with van der Waals surface area (Å²) in [6.45, 7) is 8.16. The van der Waals surface area contributed by atoms with Gasteiger partial charge in [-0.05, 0) is 31.6 Å².